The van der Waals surface area contributed by atoms with Crippen LogP contribution >= 0.6 is 0 Å². The highest BCUT2D eigenvalue weighted by molar-refractivity contribution is 6.06. The molecule has 11 nitrogen and oxygen atoms in total. The molecular weight excluding hydrogens is 470 g/mol. The first-order valence-electron chi connectivity index (χ1n) is 11.3. The Hall–Kier alpha value is -4.25. The summed E-state index contributed by atoms with van der Waals surface area (Å²) in [4.78, 5) is 47.8. The molecule has 3 rings (SSSR count). The molecule has 1 fully saturated rings. The van der Waals surface area contributed by atoms with Crippen molar-refractivity contribution in [2.75, 3.05) is 19.8 Å². The SMILES string of the molecule is C[C@H](NC(=O)c1ccc(C(=N)NC(=O)OC2CCOCC2)cc1)C(=O)c1ccc(OCC(=O)O)cc1. The van der Waals surface area contributed by atoms with Crippen molar-refractivity contribution in [3.63, 3.8) is 0 Å². The summed E-state index contributed by atoms with van der Waals surface area (Å²) >= 11 is 0. The summed E-state index contributed by atoms with van der Waals surface area (Å²) in [5.74, 6) is -1.79. The average molecular weight is 498 g/mol. The zero-order chi connectivity index (χ0) is 26.1. The van der Waals surface area contributed by atoms with E-state index in [4.69, 9.17) is 24.7 Å². The second-order valence-electron chi connectivity index (χ2n) is 8.06. The number of amides is 2. The Bertz CT molecular complexity index is 1110. The van der Waals surface area contributed by atoms with Gasteiger partial charge in [-0.15, -0.1) is 0 Å². The Kier molecular flexibility index (Phi) is 9.12. The maximum atomic E-state index is 12.6. The van der Waals surface area contributed by atoms with E-state index >= 15 is 0 Å². The highest BCUT2D eigenvalue weighted by atomic mass is 16.6. The van der Waals surface area contributed by atoms with Crippen LogP contribution in [0, 0.1) is 5.41 Å². The van der Waals surface area contributed by atoms with Gasteiger partial charge in [0.15, 0.2) is 12.4 Å². The maximum Gasteiger partial charge on any atom is 0.413 e. The number of ketones is 1. The second kappa shape index (κ2) is 12.5. The van der Waals surface area contributed by atoms with Crippen molar-refractivity contribution in [1.29, 1.82) is 5.41 Å². The first-order valence-corrected chi connectivity index (χ1v) is 11.3. The van der Waals surface area contributed by atoms with Crippen LogP contribution in [0.3, 0.4) is 0 Å². The highest BCUT2D eigenvalue weighted by Crippen LogP contribution is 2.14. The molecule has 1 saturated heterocycles. The number of rotatable bonds is 9. The van der Waals surface area contributed by atoms with Crippen LogP contribution in [-0.4, -0.2) is 66.7 Å². The third kappa shape index (κ3) is 7.64. The number of hydrogen-bond donors (Lipinski definition) is 4. The van der Waals surface area contributed by atoms with Gasteiger partial charge in [0.2, 0.25) is 0 Å². The van der Waals surface area contributed by atoms with E-state index in [-0.39, 0.29) is 23.3 Å². The van der Waals surface area contributed by atoms with Crippen molar-refractivity contribution in [2.24, 2.45) is 0 Å². The van der Waals surface area contributed by atoms with Crippen LogP contribution in [-0.2, 0) is 14.3 Å². The predicted molar refractivity (Wildman–Crippen MR) is 128 cm³/mol. The molecule has 11 heteroatoms. The van der Waals surface area contributed by atoms with Crippen LogP contribution in [0.2, 0.25) is 0 Å². The topological polar surface area (TPSA) is 164 Å². The van der Waals surface area contributed by atoms with E-state index in [0.717, 1.165) is 0 Å². The molecule has 1 heterocycles. The standard InChI is InChI=1S/C25H27N3O8/c1-15(22(31)16-6-8-19(9-7-16)35-14-21(29)30)27-24(32)18-4-2-17(3-5-18)23(26)28-25(33)36-20-10-12-34-13-11-20/h2-9,15,20H,10-14H2,1H3,(H,27,32)(H,29,30)(H2,26,28,33)/t15-/m0/s1. The fourth-order valence-electron chi connectivity index (χ4n) is 3.39. The molecule has 36 heavy (non-hydrogen) atoms. The van der Waals surface area contributed by atoms with Gasteiger partial charge in [-0.05, 0) is 43.3 Å². The van der Waals surface area contributed by atoms with Gasteiger partial charge in [0, 0.05) is 29.5 Å². The lowest BCUT2D eigenvalue weighted by atomic mass is 10.0. The number of hydrogen-bond acceptors (Lipinski definition) is 8. The van der Waals surface area contributed by atoms with Crippen LogP contribution < -0.4 is 15.4 Å². The van der Waals surface area contributed by atoms with Crippen molar-refractivity contribution in [3.8, 4) is 5.75 Å². The number of carboxylic acid groups (broad SMARTS) is 1. The number of ether oxygens (including phenoxy) is 3. The molecule has 1 atom stereocenters. The normalized spacial score (nSPS) is 14.2. The van der Waals surface area contributed by atoms with Gasteiger partial charge in [0.25, 0.3) is 5.91 Å². The molecule has 0 saturated carbocycles. The van der Waals surface area contributed by atoms with Crippen molar-refractivity contribution in [3.05, 3.63) is 65.2 Å². The number of carboxylic acids is 1. The first-order chi connectivity index (χ1) is 17.2. The minimum atomic E-state index is -1.11. The van der Waals surface area contributed by atoms with Gasteiger partial charge in [-0.25, -0.2) is 9.59 Å². The molecule has 1 aliphatic heterocycles. The van der Waals surface area contributed by atoms with E-state index in [1.165, 1.54) is 48.5 Å². The van der Waals surface area contributed by atoms with E-state index in [1.807, 2.05) is 0 Å². The first kappa shape index (κ1) is 26.4. The monoisotopic (exact) mass is 497 g/mol. The number of carbonyl (C=O) groups excluding carboxylic acids is 3. The number of nitrogens with one attached hydrogen (secondary N) is 3. The fourth-order valence-corrected chi connectivity index (χ4v) is 3.39. The van der Waals surface area contributed by atoms with Crippen LogP contribution in [0.1, 0.15) is 46.0 Å². The minimum absolute atomic E-state index is 0.168. The minimum Gasteiger partial charge on any atom is -0.482 e. The van der Waals surface area contributed by atoms with Crippen LogP contribution in [0.25, 0.3) is 0 Å². The molecule has 2 aromatic carbocycles. The lowest BCUT2D eigenvalue weighted by molar-refractivity contribution is -0.139. The number of aliphatic carboxylic acids is 1. The lowest BCUT2D eigenvalue weighted by Gasteiger charge is -2.22. The van der Waals surface area contributed by atoms with Gasteiger partial charge in [-0.3, -0.25) is 20.3 Å². The molecule has 0 bridgehead atoms. The summed E-state index contributed by atoms with van der Waals surface area (Å²) < 4.78 is 15.5. The van der Waals surface area contributed by atoms with Crippen molar-refractivity contribution in [2.45, 2.75) is 31.9 Å². The van der Waals surface area contributed by atoms with Crippen molar-refractivity contribution in [1.82, 2.24) is 10.6 Å². The number of carbonyl (C=O) groups is 4. The van der Waals surface area contributed by atoms with E-state index in [1.54, 1.807) is 6.92 Å². The summed E-state index contributed by atoms with van der Waals surface area (Å²) in [6.07, 6.45) is 0.254. The summed E-state index contributed by atoms with van der Waals surface area (Å²) in [5.41, 5.74) is 0.978. The summed E-state index contributed by atoms with van der Waals surface area (Å²) in [5, 5.41) is 21.7. The molecular formula is C25H27N3O8. The predicted octanol–water partition coefficient (Wildman–Crippen LogP) is 2.38. The molecule has 0 spiro atoms. The van der Waals surface area contributed by atoms with Gasteiger partial charge >= 0.3 is 12.1 Å². The second-order valence-corrected chi connectivity index (χ2v) is 8.06. The Morgan fingerprint density at radius 3 is 2.19 bits per heavy atom. The quantitative estimate of drug-likeness (QED) is 0.233. The van der Waals surface area contributed by atoms with E-state index in [9.17, 15) is 19.2 Å². The van der Waals surface area contributed by atoms with Crippen LogP contribution in [0.5, 0.6) is 5.75 Å². The highest BCUT2D eigenvalue weighted by Gasteiger charge is 2.20. The zero-order valence-corrected chi connectivity index (χ0v) is 19.6. The molecule has 2 aromatic rings. The molecule has 4 N–H and O–H groups in total. The van der Waals surface area contributed by atoms with E-state index in [0.29, 0.717) is 42.9 Å². The van der Waals surface area contributed by atoms with E-state index in [2.05, 4.69) is 10.6 Å². The number of amidine groups is 1. The molecule has 0 aromatic heterocycles. The molecule has 0 radical (unpaired) electrons. The Morgan fingerprint density at radius 1 is 1.00 bits per heavy atom. The molecule has 0 aliphatic carbocycles. The Labute approximate surface area is 207 Å². The number of alkyl carbamates (subject to hydrolysis) is 1. The smallest absolute Gasteiger partial charge is 0.413 e. The third-order valence-electron chi connectivity index (χ3n) is 5.35. The summed E-state index contributed by atoms with van der Waals surface area (Å²) in [6.45, 7) is 2.11. The maximum absolute atomic E-state index is 12.6. The van der Waals surface area contributed by atoms with Crippen LogP contribution in [0.4, 0.5) is 4.79 Å². The number of benzene rings is 2. The third-order valence-corrected chi connectivity index (χ3v) is 5.35. The largest absolute Gasteiger partial charge is 0.482 e. The van der Waals surface area contributed by atoms with Gasteiger partial charge < -0.3 is 24.6 Å². The van der Waals surface area contributed by atoms with Gasteiger partial charge in [-0.1, -0.05) is 12.1 Å². The van der Waals surface area contributed by atoms with Crippen molar-refractivity contribution < 1.29 is 38.5 Å². The lowest BCUT2D eigenvalue weighted by Crippen LogP contribution is -2.38. The molecule has 190 valence electrons. The van der Waals surface area contributed by atoms with Crippen LogP contribution in [0.15, 0.2) is 48.5 Å². The average Bonchev–Trinajstić information content (AvgIpc) is 2.87. The summed E-state index contributed by atoms with van der Waals surface area (Å²) in [7, 11) is 0. The fraction of sp³-hybridized carbons (Fsp3) is 0.320. The van der Waals surface area contributed by atoms with Gasteiger partial charge in [-0.2, -0.15) is 0 Å². The van der Waals surface area contributed by atoms with Gasteiger partial charge in [0.05, 0.1) is 19.3 Å². The summed E-state index contributed by atoms with van der Waals surface area (Å²) in [6, 6.07) is 11.1. The number of Topliss-reactive ketones (excluding diaryl/α,β-unsaturated/α-hetero) is 1. The van der Waals surface area contributed by atoms with E-state index < -0.39 is 30.6 Å². The zero-order valence-electron chi connectivity index (χ0n) is 19.6. The Balaban J connectivity index is 1.50. The molecule has 2 amide bonds. The van der Waals surface area contributed by atoms with Gasteiger partial charge in [0.1, 0.15) is 17.7 Å². The Morgan fingerprint density at radius 2 is 1.58 bits per heavy atom. The molecule has 0 unspecified atom stereocenters. The molecule has 1 aliphatic rings. The van der Waals surface area contributed by atoms with Crippen molar-refractivity contribution >= 4 is 29.6 Å².